The van der Waals surface area contributed by atoms with Gasteiger partial charge in [-0.25, -0.2) is 8.42 Å². The molecule has 3 rings (SSSR count). The van der Waals surface area contributed by atoms with E-state index in [1.807, 2.05) is 35.3 Å². The molecule has 0 atom stereocenters. The molecule has 2 aromatic rings. The van der Waals surface area contributed by atoms with E-state index >= 15 is 0 Å². The predicted molar refractivity (Wildman–Crippen MR) is 84.4 cm³/mol. The molecule has 108 valence electrons. The third kappa shape index (κ3) is 3.09. The van der Waals surface area contributed by atoms with Gasteiger partial charge in [0.15, 0.2) is 0 Å². The Morgan fingerprint density at radius 3 is 2.29 bits per heavy atom. The van der Waals surface area contributed by atoms with E-state index in [0.717, 1.165) is 29.9 Å². The Morgan fingerprint density at radius 2 is 1.67 bits per heavy atom. The van der Waals surface area contributed by atoms with Crippen molar-refractivity contribution < 1.29 is 8.42 Å². The van der Waals surface area contributed by atoms with Crippen molar-refractivity contribution in [3.8, 4) is 0 Å². The average molecular weight is 321 g/mol. The van der Waals surface area contributed by atoms with Crippen molar-refractivity contribution in [1.29, 1.82) is 0 Å². The van der Waals surface area contributed by atoms with E-state index in [1.54, 1.807) is 12.1 Å². The number of hydrogen-bond donors (Lipinski definition) is 0. The van der Waals surface area contributed by atoms with Crippen LogP contribution in [0.3, 0.4) is 0 Å². The Kier molecular flexibility index (Phi) is 3.69. The lowest BCUT2D eigenvalue weighted by Crippen LogP contribution is -2.11. The van der Waals surface area contributed by atoms with Crippen LogP contribution in [0.2, 0.25) is 0 Å². The highest BCUT2D eigenvalue weighted by Gasteiger charge is 2.18. The molecule has 0 unspecified atom stereocenters. The fourth-order valence-electron chi connectivity index (χ4n) is 2.26. The Balaban J connectivity index is 1.84. The van der Waals surface area contributed by atoms with Gasteiger partial charge in [0.05, 0.1) is 16.3 Å². The molecule has 4 nitrogen and oxygen atoms in total. The van der Waals surface area contributed by atoms with Crippen molar-refractivity contribution >= 4 is 31.1 Å². The van der Waals surface area contributed by atoms with Crippen molar-refractivity contribution in [3.63, 3.8) is 0 Å². The van der Waals surface area contributed by atoms with Gasteiger partial charge in [0.25, 0.3) is 9.05 Å². The van der Waals surface area contributed by atoms with Crippen LogP contribution in [0.4, 0.5) is 5.69 Å². The summed E-state index contributed by atoms with van der Waals surface area (Å²) in [6.07, 6.45) is 0.861. The number of rotatable bonds is 3. The van der Waals surface area contributed by atoms with Gasteiger partial charge in [-0.15, -0.1) is 0 Å². The second kappa shape index (κ2) is 5.50. The molecule has 0 bridgehead atoms. The molecule has 1 aliphatic heterocycles. The van der Waals surface area contributed by atoms with Crippen LogP contribution in [-0.4, -0.2) is 20.7 Å². The van der Waals surface area contributed by atoms with E-state index < -0.39 is 9.05 Å². The van der Waals surface area contributed by atoms with Crippen LogP contribution in [0.15, 0.2) is 64.6 Å². The quantitative estimate of drug-likeness (QED) is 0.816. The SMILES string of the molecule is O=S(=O)(Cl)c1ccc(N2CCC(c3ccccc3)=N2)cc1. The molecule has 2 aromatic carbocycles. The van der Waals surface area contributed by atoms with Crippen LogP contribution in [0, 0.1) is 0 Å². The van der Waals surface area contributed by atoms with Gasteiger partial charge in [-0.05, 0) is 29.8 Å². The zero-order valence-electron chi connectivity index (χ0n) is 11.1. The molecule has 21 heavy (non-hydrogen) atoms. The minimum atomic E-state index is -3.68. The highest BCUT2D eigenvalue weighted by atomic mass is 35.7. The monoisotopic (exact) mass is 320 g/mol. The third-order valence-electron chi connectivity index (χ3n) is 3.33. The van der Waals surface area contributed by atoms with Crippen molar-refractivity contribution in [2.24, 2.45) is 5.10 Å². The summed E-state index contributed by atoms with van der Waals surface area (Å²) in [6, 6.07) is 16.4. The first-order chi connectivity index (χ1) is 10.0. The predicted octanol–water partition coefficient (Wildman–Crippen LogP) is 3.23. The maximum Gasteiger partial charge on any atom is 0.261 e. The van der Waals surface area contributed by atoms with Crippen LogP contribution in [-0.2, 0) is 9.05 Å². The highest BCUT2D eigenvalue weighted by molar-refractivity contribution is 8.13. The Morgan fingerprint density at radius 1 is 1.00 bits per heavy atom. The van der Waals surface area contributed by atoms with Crippen molar-refractivity contribution in [2.45, 2.75) is 11.3 Å². The largest absolute Gasteiger partial charge is 0.265 e. The number of anilines is 1. The molecule has 0 saturated heterocycles. The van der Waals surface area contributed by atoms with Crippen LogP contribution in [0.25, 0.3) is 0 Å². The number of benzene rings is 2. The van der Waals surface area contributed by atoms with Crippen LogP contribution in [0.1, 0.15) is 12.0 Å². The van der Waals surface area contributed by atoms with Crippen molar-refractivity contribution in [1.82, 2.24) is 0 Å². The lowest BCUT2D eigenvalue weighted by atomic mass is 10.1. The van der Waals surface area contributed by atoms with E-state index in [1.165, 1.54) is 12.1 Å². The first-order valence-electron chi connectivity index (χ1n) is 6.49. The van der Waals surface area contributed by atoms with E-state index in [-0.39, 0.29) is 4.90 Å². The summed E-state index contributed by atoms with van der Waals surface area (Å²) < 4.78 is 22.5. The molecule has 0 aromatic heterocycles. The highest BCUT2D eigenvalue weighted by Crippen LogP contribution is 2.24. The number of hydrazone groups is 1. The standard InChI is InChI=1S/C15H13ClN2O2S/c16-21(19,20)14-8-6-13(7-9-14)18-11-10-15(17-18)12-4-2-1-3-5-12/h1-9H,10-11H2. The normalized spacial score (nSPS) is 15.1. The zero-order chi connectivity index (χ0) is 14.9. The first kappa shape index (κ1) is 14.1. The van der Waals surface area contributed by atoms with Gasteiger partial charge in [-0.3, -0.25) is 5.01 Å². The van der Waals surface area contributed by atoms with Crippen LogP contribution >= 0.6 is 10.7 Å². The van der Waals surface area contributed by atoms with E-state index in [0.29, 0.717) is 0 Å². The molecule has 0 spiro atoms. The molecule has 0 fully saturated rings. The molecule has 0 N–H and O–H groups in total. The number of hydrogen-bond acceptors (Lipinski definition) is 4. The molecule has 0 aliphatic carbocycles. The second-order valence-electron chi connectivity index (χ2n) is 4.72. The Hall–Kier alpha value is -1.85. The summed E-state index contributed by atoms with van der Waals surface area (Å²) in [4.78, 5) is 0.0966. The fourth-order valence-corrected chi connectivity index (χ4v) is 3.03. The van der Waals surface area contributed by atoms with E-state index in [4.69, 9.17) is 10.7 Å². The van der Waals surface area contributed by atoms with Gasteiger partial charge in [0, 0.05) is 23.6 Å². The molecule has 0 amide bonds. The minimum absolute atomic E-state index is 0.0966. The second-order valence-corrected chi connectivity index (χ2v) is 7.28. The summed E-state index contributed by atoms with van der Waals surface area (Å²) in [5.41, 5.74) is 2.99. The van der Waals surface area contributed by atoms with Crippen molar-refractivity contribution in [3.05, 3.63) is 60.2 Å². The molecule has 6 heteroatoms. The topological polar surface area (TPSA) is 49.7 Å². The molecular formula is C15H13ClN2O2S. The lowest BCUT2D eigenvalue weighted by Gasteiger charge is -2.13. The van der Waals surface area contributed by atoms with Gasteiger partial charge in [0.1, 0.15) is 0 Å². The molecule has 1 aliphatic rings. The summed E-state index contributed by atoms with van der Waals surface area (Å²) >= 11 is 0. The van der Waals surface area contributed by atoms with Crippen molar-refractivity contribution in [2.75, 3.05) is 11.6 Å². The first-order valence-corrected chi connectivity index (χ1v) is 8.80. The van der Waals surface area contributed by atoms with Gasteiger partial charge in [-0.2, -0.15) is 5.10 Å². The maximum atomic E-state index is 11.2. The Bertz CT molecular complexity index is 771. The third-order valence-corrected chi connectivity index (χ3v) is 4.69. The van der Waals surface area contributed by atoms with Crippen LogP contribution in [0.5, 0.6) is 0 Å². The van der Waals surface area contributed by atoms with E-state index in [9.17, 15) is 8.42 Å². The van der Waals surface area contributed by atoms with Gasteiger partial charge >= 0.3 is 0 Å². The van der Waals surface area contributed by atoms with Gasteiger partial charge < -0.3 is 0 Å². The maximum absolute atomic E-state index is 11.2. The molecular weight excluding hydrogens is 308 g/mol. The van der Waals surface area contributed by atoms with Crippen LogP contribution < -0.4 is 5.01 Å². The Labute approximate surface area is 128 Å². The summed E-state index contributed by atoms with van der Waals surface area (Å²) in [5.74, 6) is 0. The zero-order valence-corrected chi connectivity index (χ0v) is 12.7. The summed E-state index contributed by atoms with van der Waals surface area (Å²) in [7, 11) is 1.63. The molecule has 0 saturated carbocycles. The average Bonchev–Trinajstić information content (AvgIpc) is 2.97. The van der Waals surface area contributed by atoms with Gasteiger partial charge in [-0.1, -0.05) is 30.3 Å². The molecule has 0 radical (unpaired) electrons. The number of nitrogens with zero attached hydrogens (tertiary/aromatic N) is 2. The lowest BCUT2D eigenvalue weighted by molar-refractivity contribution is 0.609. The smallest absolute Gasteiger partial charge is 0.261 e. The fraction of sp³-hybridized carbons (Fsp3) is 0.133. The molecule has 1 heterocycles. The minimum Gasteiger partial charge on any atom is -0.265 e. The van der Waals surface area contributed by atoms with Gasteiger partial charge in [0.2, 0.25) is 0 Å². The summed E-state index contributed by atoms with van der Waals surface area (Å²) in [5, 5.41) is 6.46. The number of halogens is 1. The summed E-state index contributed by atoms with van der Waals surface area (Å²) in [6.45, 7) is 0.775. The van der Waals surface area contributed by atoms with E-state index in [2.05, 4.69) is 5.10 Å².